The molecule has 0 atom stereocenters. The van der Waals surface area contributed by atoms with Crippen molar-refractivity contribution in [2.24, 2.45) is 0 Å². The van der Waals surface area contributed by atoms with E-state index >= 15 is 0 Å². The minimum atomic E-state index is -5.08. The fourth-order valence-corrected chi connectivity index (χ4v) is 2.59. The first-order valence-corrected chi connectivity index (χ1v) is 8.09. The minimum absolute atomic E-state index is 0.185. The number of nitrogens with one attached hydrogen (secondary N) is 1. The number of carboxylic acids is 1. The molecule has 2 N–H and O–H groups in total. The van der Waals surface area contributed by atoms with E-state index in [1.807, 2.05) is 30.5 Å². The van der Waals surface area contributed by atoms with Gasteiger partial charge in [0.05, 0.1) is 4.88 Å². The number of carboxylic acid groups (broad SMARTS) is 1. The van der Waals surface area contributed by atoms with Crippen LogP contribution in [0.1, 0.15) is 15.2 Å². The lowest BCUT2D eigenvalue weighted by atomic mass is 10.2. The predicted molar refractivity (Wildman–Crippen MR) is 90.4 cm³/mol. The molecule has 142 valence electrons. The van der Waals surface area contributed by atoms with Crippen LogP contribution in [0, 0.1) is 6.92 Å². The Balaban J connectivity index is 0.000000321. The summed E-state index contributed by atoms with van der Waals surface area (Å²) in [6.45, 7) is 1.90. The predicted octanol–water partition coefficient (Wildman–Crippen LogP) is 3.99. The van der Waals surface area contributed by atoms with Crippen molar-refractivity contribution in [2.75, 3.05) is 5.32 Å². The van der Waals surface area contributed by atoms with Gasteiger partial charge in [-0.2, -0.15) is 13.2 Å². The van der Waals surface area contributed by atoms with Crippen molar-refractivity contribution in [1.82, 2.24) is 10.1 Å². The summed E-state index contributed by atoms with van der Waals surface area (Å²) in [5.41, 5.74) is 2.49. The average molecular weight is 399 g/mol. The number of carbonyl (C=O) groups excluding carboxylic acids is 1. The highest BCUT2D eigenvalue weighted by molar-refractivity contribution is 7.12. The quantitative estimate of drug-likeness (QED) is 0.690. The maximum Gasteiger partial charge on any atom is 0.490 e. The van der Waals surface area contributed by atoms with E-state index in [-0.39, 0.29) is 5.91 Å². The number of halogens is 3. The second kappa shape index (κ2) is 8.45. The van der Waals surface area contributed by atoms with Gasteiger partial charge < -0.3 is 9.63 Å². The topological polar surface area (TPSA) is 105 Å². The number of amides is 1. The number of thiophene rings is 1. The molecule has 0 aliphatic rings. The van der Waals surface area contributed by atoms with Gasteiger partial charge in [-0.1, -0.05) is 5.16 Å². The van der Waals surface area contributed by atoms with E-state index in [0.29, 0.717) is 16.5 Å². The molecule has 0 bridgehead atoms. The van der Waals surface area contributed by atoms with E-state index < -0.39 is 12.1 Å². The highest BCUT2D eigenvalue weighted by atomic mass is 32.1. The maximum absolute atomic E-state index is 12.0. The van der Waals surface area contributed by atoms with E-state index in [1.165, 1.54) is 11.3 Å². The molecule has 0 saturated heterocycles. The third-order valence-electron chi connectivity index (χ3n) is 3.03. The van der Waals surface area contributed by atoms with Crippen LogP contribution in [0.3, 0.4) is 0 Å². The first-order chi connectivity index (χ1) is 12.7. The number of rotatable bonds is 3. The zero-order chi connectivity index (χ0) is 20.0. The van der Waals surface area contributed by atoms with Gasteiger partial charge >= 0.3 is 12.1 Å². The van der Waals surface area contributed by atoms with Gasteiger partial charge in [0, 0.05) is 24.0 Å². The number of carbonyl (C=O) groups is 2. The van der Waals surface area contributed by atoms with E-state index in [0.717, 1.165) is 11.1 Å². The summed E-state index contributed by atoms with van der Waals surface area (Å²) in [7, 11) is 0. The Kier molecular flexibility index (Phi) is 6.29. The molecule has 0 fully saturated rings. The van der Waals surface area contributed by atoms with Crippen LogP contribution in [0.4, 0.5) is 19.1 Å². The lowest BCUT2D eigenvalue weighted by Crippen LogP contribution is -2.21. The number of nitrogens with zero attached hydrogens (tertiary/aromatic N) is 2. The number of aromatic nitrogens is 2. The average Bonchev–Trinajstić information content (AvgIpc) is 3.24. The smallest absolute Gasteiger partial charge is 0.475 e. The van der Waals surface area contributed by atoms with Gasteiger partial charge in [0.25, 0.3) is 5.91 Å². The van der Waals surface area contributed by atoms with E-state index in [1.54, 1.807) is 18.5 Å². The van der Waals surface area contributed by atoms with Gasteiger partial charge in [0.1, 0.15) is 5.69 Å². The monoisotopic (exact) mass is 399 g/mol. The molecule has 3 aromatic rings. The van der Waals surface area contributed by atoms with Gasteiger partial charge in [0.15, 0.2) is 0 Å². The summed E-state index contributed by atoms with van der Waals surface area (Å²) in [5.74, 6) is -2.61. The Labute approximate surface area is 154 Å². The number of hydrogen-bond acceptors (Lipinski definition) is 6. The highest BCUT2D eigenvalue weighted by Crippen LogP contribution is 2.22. The zero-order valence-electron chi connectivity index (χ0n) is 13.6. The summed E-state index contributed by atoms with van der Waals surface area (Å²) in [6, 6.07) is 7.25. The van der Waals surface area contributed by atoms with Crippen LogP contribution in [0.25, 0.3) is 11.3 Å². The van der Waals surface area contributed by atoms with Crippen molar-refractivity contribution >= 4 is 29.1 Å². The van der Waals surface area contributed by atoms with Crippen LogP contribution in [0.2, 0.25) is 0 Å². The van der Waals surface area contributed by atoms with E-state index in [2.05, 4.69) is 15.5 Å². The molecule has 27 heavy (non-hydrogen) atoms. The molecule has 0 saturated carbocycles. The molecular formula is C16H12F3N3O4S. The van der Waals surface area contributed by atoms with Gasteiger partial charge in [-0.25, -0.2) is 4.79 Å². The number of alkyl halides is 3. The number of aryl methyl sites for hydroxylation is 1. The number of pyridine rings is 1. The summed E-state index contributed by atoms with van der Waals surface area (Å²) < 4.78 is 36.9. The van der Waals surface area contributed by atoms with Crippen LogP contribution >= 0.6 is 11.3 Å². The maximum atomic E-state index is 12.0. The van der Waals surface area contributed by atoms with Crippen LogP contribution in [-0.2, 0) is 4.79 Å². The molecule has 0 unspecified atom stereocenters. The second-order valence-corrected chi connectivity index (χ2v) is 5.92. The lowest BCUT2D eigenvalue weighted by molar-refractivity contribution is -0.192. The molecule has 3 rings (SSSR count). The van der Waals surface area contributed by atoms with E-state index in [4.69, 9.17) is 14.4 Å². The fraction of sp³-hybridized carbons (Fsp3) is 0.125. The Morgan fingerprint density at radius 2 is 1.85 bits per heavy atom. The van der Waals surface area contributed by atoms with Gasteiger partial charge in [-0.3, -0.25) is 15.1 Å². The third kappa shape index (κ3) is 5.64. The Bertz CT molecular complexity index is 922. The van der Waals surface area contributed by atoms with Crippen molar-refractivity contribution in [2.45, 2.75) is 13.1 Å². The molecule has 7 nitrogen and oxygen atoms in total. The Morgan fingerprint density at radius 3 is 2.37 bits per heavy atom. The standard InChI is InChI=1S/C14H11N3O2S.C2HF3O2/c1-9-4-7-20-13(9)14(18)16-12-8-11(17-19-12)10-2-5-15-6-3-10;3-2(4,5)1(6)7/h2-8H,1H3,(H,16,18);(H,6,7). The summed E-state index contributed by atoms with van der Waals surface area (Å²) in [6.07, 6.45) is -1.73. The molecule has 0 spiro atoms. The molecular weight excluding hydrogens is 387 g/mol. The van der Waals surface area contributed by atoms with Crippen molar-refractivity contribution in [1.29, 1.82) is 0 Å². The first kappa shape index (κ1) is 20.1. The van der Waals surface area contributed by atoms with Crippen molar-refractivity contribution in [3.8, 4) is 11.3 Å². The Morgan fingerprint density at radius 1 is 1.22 bits per heavy atom. The van der Waals surface area contributed by atoms with Crippen molar-refractivity contribution in [3.63, 3.8) is 0 Å². The SMILES string of the molecule is Cc1ccsc1C(=O)Nc1cc(-c2ccncc2)no1.O=C(O)C(F)(F)F. The summed E-state index contributed by atoms with van der Waals surface area (Å²) in [5, 5.41) is 15.6. The van der Waals surface area contributed by atoms with Gasteiger partial charge in [0.2, 0.25) is 5.88 Å². The van der Waals surface area contributed by atoms with Crippen LogP contribution < -0.4 is 5.32 Å². The number of anilines is 1. The number of aliphatic carboxylic acids is 1. The van der Waals surface area contributed by atoms with E-state index in [9.17, 15) is 18.0 Å². The summed E-state index contributed by atoms with van der Waals surface area (Å²) >= 11 is 1.40. The van der Waals surface area contributed by atoms with Crippen molar-refractivity contribution in [3.05, 3.63) is 52.5 Å². The molecule has 0 aliphatic carbocycles. The largest absolute Gasteiger partial charge is 0.490 e. The van der Waals surface area contributed by atoms with Crippen LogP contribution in [0.5, 0.6) is 0 Å². The molecule has 3 aromatic heterocycles. The fourth-order valence-electron chi connectivity index (χ4n) is 1.77. The molecule has 0 aromatic carbocycles. The van der Waals surface area contributed by atoms with Gasteiger partial charge in [-0.05, 0) is 36.1 Å². The summed E-state index contributed by atoms with van der Waals surface area (Å²) in [4.78, 5) is 25.6. The second-order valence-electron chi connectivity index (χ2n) is 5.00. The third-order valence-corrected chi connectivity index (χ3v) is 4.05. The van der Waals surface area contributed by atoms with Gasteiger partial charge in [-0.15, -0.1) is 11.3 Å². The molecule has 11 heteroatoms. The van der Waals surface area contributed by atoms with Crippen molar-refractivity contribution < 1.29 is 32.4 Å². The molecule has 1 amide bonds. The van der Waals surface area contributed by atoms with Crippen LogP contribution in [0.15, 0.2) is 46.6 Å². The first-order valence-electron chi connectivity index (χ1n) is 7.21. The zero-order valence-corrected chi connectivity index (χ0v) is 14.5. The normalized spacial score (nSPS) is 10.7. The lowest BCUT2D eigenvalue weighted by Gasteiger charge is -1.98. The molecule has 3 heterocycles. The highest BCUT2D eigenvalue weighted by Gasteiger charge is 2.38. The minimum Gasteiger partial charge on any atom is -0.475 e. The molecule has 0 radical (unpaired) electrons. The van der Waals surface area contributed by atoms with Crippen LogP contribution in [-0.4, -0.2) is 33.3 Å². The molecule has 0 aliphatic heterocycles. The Hall–Kier alpha value is -3.21. The number of hydrogen-bond donors (Lipinski definition) is 2.